The fraction of sp³-hybridized carbons (Fsp3) is 0.150. The zero-order chi connectivity index (χ0) is 19.8. The van der Waals surface area contributed by atoms with Crippen molar-refractivity contribution in [2.24, 2.45) is 0 Å². The molecule has 7 heteroatoms. The summed E-state index contributed by atoms with van der Waals surface area (Å²) in [5.74, 6) is 3.17. The number of ether oxygens (including phenoxy) is 3. The fourth-order valence-corrected chi connectivity index (χ4v) is 2.33. The molecule has 2 aromatic rings. The average Bonchev–Trinajstić information content (AvgIpc) is 2.73. The van der Waals surface area contributed by atoms with Gasteiger partial charge in [-0.1, -0.05) is 0 Å². The van der Waals surface area contributed by atoms with Crippen molar-refractivity contribution < 1.29 is 23.6 Å². The summed E-state index contributed by atoms with van der Waals surface area (Å²) in [6, 6.07) is 9.96. The van der Waals surface area contributed by atoms with Crippen molar-refractivity contribution in [3.05, 3.63) is 59.9 Å². The molecule has 0 saturated heterocycles. The summed E-state index contributed by atoms with van der Waals surface area (Å²) in [5.41, 5.74) is 0.424. The van der Waals surface area contributed by atoms with Gasteiger partial charge in [0.15, 0.2) is 23.9 Å². The number of carbonyl (C=O) groups is 1. The topological polar surface area (TPSA) is 96.3 Å². The molecule has 7 nitrogen and oxygen atoms in total. The van der Waals surface area contributed by atoms with Gasteiger partial charge in [0.2, 0.25) is 0 Å². The highest BCUT2D eigenvalue weighted by molar-refractivity contribution is 6.22. The number of hydrogen-bond donors (Lipinski definition) is 1. The molecule has 1 heterocycles. The van der Waals surface area contributed by atoms with E-state index in [1.54, 1.807) is 42.7 Å². The molecular weight excluding hydrogens is 346 g/mol. The molecule has 0 aliphatic rings. The molecule has 0 saturated carbocycles. The zero-order valence-corrected chi connectivity index (χ0v) is 15.1. The van der Waals surface area contributed by atoms with E-state index in [2.05, 4.69) is 0 Å². The van der Waals surface area contributed by atoms with Crippen LogP contribution in [-0.2, 0) is 0 Å². The van der Waals surface area contributed by atoms with Crippen molar-refractivity contribution in [2.75, 3.05) is 21.3 Å². The number of hydrogen-bond acceptors (Lipinski definition) is 6. The van der Waals surface area contributed by atoms with Gasteiger partial charge in [0.05, 0.1) is 21.3 Å². The Morgan fingerprint density at radius 3 is 2.26 bits per heavy atom. The normalized spacial score (nSPS) is 10.4. The van der Waals surface area contributed by atoms with Crippen molar-refractivity contribution in [2.45, 2.75) is 0 Å². The number of nitrogens with one attached hydrogen (secondary N) is 1. The van der Waals surface area contributed by atoms with Crippen LogP contribution in [0.25, 0.3) is 5.70 Å². The number of benzene rings is 1. The lowest BCUT2D eigenvalue weighted by Gasteiger charge is -2.09. The summed E-state index contributed by atoms with van der Waals surface area (Å²) in [4.78, 5) is 13.1. The highest BCUT2D eigenvalue weighted by Gasteiger charge is 2.24. The maximum Gasteiger partial charge on any atom is 0.260 e. The minimum absolute atomic E-state index is 0.0813. The van der Waals surface area contributed by atoms with Gasteiger partial charge in [0.1, 0.15) is 17.4 Å². The van der Waals surface area contributed by atoms with Gasteiger partial charge in [0, 0.05) is 23.8 Å². The lowest BCUT2D eigenvalue weighted by Crippen LogP contribution is -2.35. The lowest BCUT2D eigenvalue weighted by atomic mass is 10.1. The summed E-state index contributed by atoms with van der Waals surface area (Å²) in [6.07, 6.45) is 4.56. The number of carbonyl (C=O) groups excluding carboxylic acids is 1. The molecule has 0 spiro atoms. The van der Waals surface area contributed by atoms with E-state index in [0.29, 0.717) is 22.8 Å². The smallest absolute Gasteiger partial charge is 0.260 e. The van der Waals surface area contributed by atoms with E-state index in [1.807, 2.05) is 11.9 Å². The van der Waals surface area contributed by atoms with Gasteiger partial charge >= 0.3 is 0 Å². The molecule has 1 aromatic heterocycles. The second kappa shape index (κ2) is 8.99. The van der Waals surface area contributed by atoms with Gasteiger partial charge in [-0.25, -0.2) is 0 Å². The van der Waals surface area contributed by atoms with Crippen LogP contribution in [0.15, 0.2) is 54.4 Å². The SMILES string of the molecule is COc1cc[n+](/C(=C\C(=C=N)C#N)C(=O)c2ccc(OC)c(OC)c2)cc1. The second-order valence-corrected chi connectivity index (χ2v) is 5.22. The first-order valence-corrected chi connectivity index (χ1v) is 7.81. The van der Waals surface area contributed by atoms with E-state index in [-0.39, 0.29) is 17.1 Å². The van der Waals surface area contributed by atoms with Crippen LogP contribution in [0.4, 0.5) is 0 Å². The summed E-state index contributed by atoms with van der Waals surface area (Å²) in [6.45, 7) is 0. The number of aromatic nitrogens is 1. The first-order chi connectivity index (χ1) is 13.1. The Kier molecular flexibility index (Phi) is 6.48. The molecule has 0 amide bonds. The van der Waals surface area contributed by atoms with Crippen LogP contribution in [0.2, 0.25) is 0 Å². The van der Waals surface area contributed by atoms with Crippen LogP contribution in [0.1, 0.15) is 10.4 Å². The molecule has 27 heavy (non-hydrogen) atoms. The number of nitriles is 1. The zero-order valence-electron chi connectivity index (χ0n) is 15.1. The number of methoxy groups -OCH3 is 3. The Balaban J connectivity index is 2.57. The number of allylic oxidation sites excluding steroid dienone is 3. The van der Waals surface area contributed by atoms with Crippen molar-refractivity contribution >= 4 is 17.4 Å². The molecule has 0 unspecified atom stereocenters. The van der Waals surface area contributed by atoms with Gasteiger partial charge in [-0.3, -0.25) is 10.2 Å². The standard InChI is InChI=1S/C20H18N3O4/c1-25-16-6-8-23(9-7-16)17(10-14(12-21)13-22)20(24)15-4-5-18(26-2)19(11-15)27-3/h4-11,21H,1-3H3/q+1/b17-10-. The predicted octanol–water partition coefficient (Wildman–Crippen LogP) is 2.42. The predicted molar refractivity (Wildman–Crippen MR) is 98.2 cm³/mol. The number of pyridine rings is 1. The summed E-state index contributed by atoms with van der Waals surface area (Å²) in [7, 11) is 4.52. The highest BCUT2D eigenvalue weighted by atomic mass is 16.5. The Bertz CT molecular complexity index is 966. The third-order valence-electron chi connectivity index (χ3n) is 3.73. The van der Waals surface area contributed by atoms with E-state index < -0.39 is 0 Å². The maximum absolute atomic E-state index is 13.1. The van der Waals surface area contributed by atoms with Gasteiger partial charge in [-0.15, -0.1) is 0 Å². The molecule has 0 aliphatic heterocycles. The average molecular weight is 364 g/mol. The van der Waals surface area contributed by atoms with Crippen molar-refractivity contribution in [1.29, 1.82) is 10.7 Å². The number of Topliss-reactive ketones (excluding diaryl/α,β-unsaturated/α-hetero) is 1. The molecular formula is C20H18N3O4+. The first-order valence-electron chi connectivity index (χ1n) is 7.81. The monoisotopic (exact) mass is 364 g/mol. The lowest BCUT2D eigenvalue weighted by molar-refractivity contribution is -0.576. The van der Waals surface area contributed by atoms with Crippen molar-refractivity contribution in [1.82, 2.24) is 0 Å². The fourth-order valence-electron chi connectivity index (χ4n) is 2.33. The van der Waals surface area contributed by atoms with Gasteiger partial charge in [0.25, 0.3) is 11.5 Å². The third kappa shape index (κ3) is 4.40. The van der Waals surface area contributed by atoms with Crippen LogP contribution < -0.4 is 18.8 Å². The largest absolute Gasteiger partial charge is 0.496 e. The van der Waals surface area contributed by atoms with Crippen LogP contribution in [0.3, 0.4) is 0 Å². The van der Waals surface area contributed by atoms with Crippen LogP contribution in [-0.4, -0.2) is 33.0 Å². The molecule has 2 rings (SSSR count). The number of rotatable bonds is 7. The minimum Gasteiger partial charge on any atom is -0.496 e. The van der Waals surface area contributed by atoms with Crippen LogP contribution >= 0.6 is 0 Å². The Morgan fingerprint density at radius 2 is 1.74 bits per heavy atom. The number of nitrogens with zero attached hydrogens (tertiary/aromatic N) is 2. The van der Waals surface area contributed by atoms with Crippen LogP contribution in [0.5, 0.6) is 17.2 Å². The van der Waals surface area contributed by atoms with E-state index >= 15 is 0 Å². The first kappa shape index (κ1) is 19.4. The summed E-state index contributed by atoms with van der Waals surface area (Å²) < 4.78 is 17.1. The van der Waals surface area contributed by atoms with Crippen molar-refractivity contribution in [3.8, 4) is 23.3 Å². The van der Waals surface area contributed by atoms with E-state index in [9.17, 15) is 4.79 Å². The summed E-state index contributed by atoms with van der Waals surface area (Å²) >= 11 is 0. The molecule has 136 valence electrons. The molecule has 1 aromatic carbocycles. The Morgan fingerprint density at radius 1 is 1.07 bits per heavy atom. The molecule has 1 N–H and O–H groups in total. The van der Waals surface area contributed by atoms with Crippen molar-refractivity contribution in [3.63, 3.8) is 0 Å². The van der Waals surface area contributed by atoms with Crippen LogP contribution in [0, 0.1) is 16.7 Å². The second-order valence-electron chi connectivity index (χ2n) is 5.22. The quantitative estimate of drug-likeness (QED) is 0.203. The Hall–Kier alpha value is -3.88. The molecule has 0 atom stereocenters. The van der Waals surface area contributed by atoms with E-state index in [0.717, 1.165) is 0 Å². The van der Waals surface area contributed by atoms with E-state index in [4.69, 9.17) is 24.9 Å². The molecule has 0 fully saturated rings. The highest BCUT2D eigenvalue weighted by Crippen LogP contribution is 2.28. The molecule has 0 radical (unpaired) electrons. The molecule has 0 bridgehead atoms. The molecule has 0 aliphatic carbocycles. The van der Waals surface area contributed by atoms with Gasteiger partial charge in [-0.05, 0) is 24.1 Å². The maximum atomic E-state index is 13.1. The minimum atomic E-state index is -0.367. The Labute approximate surface area is 156 Å². The third-order valence-corrected chi connectivity index (χ3v) is 3.73. The van der Waals surface area contributed by atoms with Gasteiger partial charge < -0.3 is 14.2 Å². The number of ketones is 1. The van der Waals surface area contributed by atoms with E-state index in [1.165, 1.54) is 32.0 Å². The van der Waals surface area contributed by atoms with Gasteiger partial charge in [-0.2, -0.15) is 9.83 Å². The summed E-state index contributed by atoms with van der Waals surface area (Å²) in [5, 5.41) is 16.3.